The summed E-state index contributed by atoms with van der Waals surface area (Å²) >= 11 is 0. The second kappa shape index (κ2) is 5.61. The van der Waals surface area contributed by atoms with Crippen molar-refractivity contribution in [2.75, 3.05) is 18.1 Å². The van der Waals surface area contributed by atoms with E-state index < -0.39 is 16.6 Å². The van der Waals surface area contributed by atoms with Crippen LogP contribution in [0.1, 0.15) is 12.5 Å². The fourth-order valence-corrected chi connectivity index (χ4v) is 1.47. The van der Waals surface area contributed by atoms with Crippen molar-refractivity contribution in [1.82, 2.24) is 0 Å². The lowest BCUT2D eigenvalue weighted by Crippen LogP contribution is -2.21. The Morgan fingerprint density at radius 3 is 2.88 bits per heavy atom. The molecule has 0 spiro atoms. The third-order valence-electron chi connectivity index (χ3n) is 2.27. The van der Waals surface area contributed by atoms with Gasteiger partial charge in [-0.25, -0.2) is 4.39 Å². The molecule has 1 N–H and O–H groups in total. The average molecular weight is 240 g/mol. The van der Waals surface area contributed by atoms with Crippen LogP contribution in [0.15, 0.2) is 18.2 Å². The van der Waals surface area contributed by atoms with Crippen LogP contribution in [-0.4, -0.2) is 22.3 Å². The summed E-state index contributed by atoms with van der Waals surface area (Å²) in [6, 6.07) is 6.21. The number of halogens is 1. The summed E-state index contributed by atoms with van der Waals surface area (Å²) in [5, 5.41) is 11.7. The van der Waals surface area contributed by atoms with E-state index in [1.807, 2.05) is 6.92 Å². The fraction of sp³-hybridized carbons (Fsp3) is 0.364. The van der Waals surface area contributed by atoms with Gasteiger partial charge in [-0.1, -0.05) is 6.07 Å². The summed E-state index contributed by atoms with van der Waals surface area (Å²) < 4.78 is 24.3. The van der Waals surface area contributed by atoms with Gasteiger partial charge >= 0.3 is 0 Å². The molecule has 0 saturated carbocycles. The normalized spacial score (nSPS) is 13.9. The van der Waals surface area contributed by atoms with Crippen molar-refractivity contribution < 1.29 is 8.60 Å². The molecule has 0 aliphatic heterocycles. The van der Waals surface area contributed by atoms with Crippen LogP contribution >= 0.6 is 0 Å². The molecule has 1 rings (SSSR count). The van der Waals surface area contributed by atoms with Gasteiger partial charge in [0, 0.05) is 28.9 Å². The van der Waals surface area contributed by atoms with Crippen molar-refractivity contribution in [1.29, 1.82) is 5.26 Å². The molecule has 1 aromatic rings. The van der Waals surface area contributed by atoms with Crippen LogP contribution in [0.5, 0.6) is 0 Å². The van der Waals surface area contributed by atoms with E-state index in [9.17, 15) is 8.60 Å². The molecule has 0 amide bonds. The van der Waals surface area contributed by atoms with Crippen LogP contribution < -0.4 is 5.32 Å². The highest BCUT2D eigenvalue weighted by molar-refractivity contribution is 7.84. The molecule has 0 bridgehead atoms. The first-order valence-corrected chi connectivity index (χ1v) is 6.43. The fourth-order valence-electron chi connectivity index (χ4n) is 1.16. The van der Waals surface area contributed by atoms with Crippen molar-refractivity contribution in [3.05, 3.63) is 29.6 Å². The molecule has 0 aromatic heterocycles. The highest BCUT2D eigenvalue weighted by Crippen LogP contribution is 2.17. The van der Waals surface area contributed by atoms with Gasteiger partial charge < -0.3 is 5.32 Å². The standard InChI is InChI=1S/C11H13FN2OS/c1-8(16(2)15)7-14-11-5-3-4-10(12)9(11)6-13/h3-5,8,14H,7H2,1-2H3. The van der Waals surface area contributed by atoms with Gasteiger partial charge in [-0.15, -0.1) is 0 Å². The zero-order valence-electron chi connectivity index (χ0n) is 9.16. The zero-order valence-corrected chi connectivity index (χ0v) is 9.97. The summed E-state index contributed by atoms with van der Waals surface area (Å²) in [7, 11) is -0.937. The number of hydrogen-bond donors (Lipinski definition) is 1. The van der Waals surface area contributed by atoms with Crippen LogP contribution in [0, 0.1) is 17.1 Å². The molecule has 16 heavy (non-hydrogen) atoms. The van der Waals surface area contributed by atoms with E-state index in [0.29, 0.717) is 12.2 Å². The van der Waals surface area contributed by atoms with Crippen molar-refractivity contribution in [3.8, 4) is 6.07 Å². The van der Waals surface area contributed by atoms with Crippen LogP contribution in [0.3, 0.4) is 0 Å². The molecule has 2 unspecified atom stereocenters. The minimum atomic E-state index is -0.937. The molecule has 0 heterocycles. The summed E-state index contributed by atoms with van der Waals surface area (Å²) in [6.07, 6.45) is 1.61. The first kappa shape index (κ1) is 12.7. The average Bonchev–Trinajstić information content (AvgIpc) is 2.25. The maximum Gasteiger partial charge on any atom is 0.143 e. The quantitative estimate of drug-likeness (QED) is 0.874. The van der Waals surface area contributed by atoms with E-state index in [1.54, 1.807) is 18.4 Å². The number of nitrogens with one attached hydrogen (secondary N) is 1. The molecule has 0 radical (unpaired) electrons. The van der Waals surface area contributed by atoms with Crippen molar-refractivity contribution in [3.63, 3.8) is 0 Å². The van der Waals surface area contributed by atoms with Gasteiger partial charge in [0.1, 0.15) is 17.4 Å². The summed E-state index contributed by atoms with van der Waals surface area (Å²) in [5.41, 5.74) is 0.441. The molecule has 1 aromatic carbocycles. The van der Waals surface area contributed by atoms with Crippen LogP contribution in [-0.2, 0) is 10.8 Å². The van der Waals surface area contributed by atoms with E-state index in [0.717, 1.165) is 0 Å². The van der Waals surface area contributed by atoms with Gasteiger partial charge in [-0.2, -0.15) is 5.26 Å². The van der Waals surface area contributed by atoms with E-state index in [2.05, 4.69) is 5.32 Å². The minimum absolute atomic E-state index is 0.00316. The lowest BCUT2D eigenvalue weighted by atomic mass is 10.2. The second-order valence-corrected chi connectivity index (χ2v) is 5.27. The third kappa shape index (κ3) is 3.04. The largest absolute Gasteiger partial charge is 0.383 e. The Morgan fingerprint density at radius 2 is 2.31 bits per heavy atom. The predicted molar refractivity (Wildman–Crippen MR) is 63.1 cm³/mol. The molecular weight excluding hydrogens is 227 g/mol. The van der Waals surface area contributed by atoms with E-state index in [4.69, 9.17) is 5.26 Å². The Bertz CT molecular complexity index is 442. The second-order valence-electron chi connectivity index (χ2n) is 3.46. The summed E-state index contributed by atoms with van der Waals surface area (Å²) in [6.45, 7) is 2.27. The lowest BCUT2D eigenvalue weighted by molar-refractivity contribution is 0.624. The van der Waals surface area contributed by atoms with E-state index in [1.165, 1.54) is 12.1 Å². The number of nitrogens with zero attached hydrogens (tertiary/aromatic N) is 1. The number of benzene rings is 1. The Balaban J connectivity index is 2.79. The Hall–Kier alpha value is -1.41. The van der Waals surface area contributed by atoms with Gasteiger partial charge in [-0.05, 0) is 19.1 Å². The van der Waals surface area contributed by atoms with Gasteiger partial charge in [0.05, 0.1) is 5.69 Å². The lowest BCUT2D eigenvalue weighted by Gasteiger charge is -2.12. The first-order chi connectivity index (χ1) is 7.56. The van der Waals surface area contributed by atoms with Gasteiger partial charge in [0.25, 0.3) is 0 Å². The van der Waals surface area contributed by atoms with Gasteiger partial charge in [0.15, 0.2) is 0 Å². The molecule has 0 aliphatic carbocycles. The van der Waals surface area contributed by atoms with Crippen LogP contribution in [0.25, 0.3) is 0 Å². The van der Waals surface area contributed by atoms with Crippen LogP contribution in [0.2, 0.25) is 0 Å². The number of anilines is 1. The monoisotopic (exact) mass is 240 g/mol. The number of hydrogen-bond acceptors (Lipinski definition) is 3. The summed E-state index contributed by atoms with van der Waals surface area (Å²) in [4.78, 5) is 0. The highest BCUT2D eigenvalue weighted by atomic mass is 32.2. The van der Waals surface area contributed by atoms with Crippen molar-refractivity contribution >= 4 is 16.5 Å². The van der Waals surface area contributed by atoms with Crippen LogP contribution in [0.4, 0.5) is 10.1 Å². The zero-order chi connectivity index (χ0) is 12.1. The molecule has 86 valence electrons. The van der Waals surface area contributed by atoms with Gasteiger partial charge in [0.2, 0.25) is 0 Å². The Morgan fingerprint density at radius 1 is 1.62 bits per heavy atom. The Labute approximate surface area is 96.7 Å². The molecule has 0 saturated heterocycles. The number of rotatable bonds is 4. The highest BCUT2D eigenvalue weighted by Gasteiger charge is 2.10. The van der Waals surface area contributed by atoms with E-state index in [-0.39, 0.29) is 10.8 Å². The first-order valence-electron chi connectivity index (χ1n) is 4.81. The van der Waals surface area contributed by atoms with E-state index >= 15 is 0 Å². The predicted octanol–water partition coefficient (Wildman–Crippen LogP) is 1.88. The third-order valence-corrected chi connectivity index (χ3v) is 3.57. The molecule has 5 heteroatoms. The van der Waals surface area contributed by atoms with Crippen molar-refractivity contribution in [2.24, 2.45) is 0 Å². The molecule has 0 aliphatic rings. The molecule has 0 fully saturated rings. The SMILES string of the molecule is CC(CNc1cccc(F)c1C#N)S(C)=O. The number of nitriles is 1. The molecule has 2 atom stereocenters. The topological polar surface area (TPSA) is 52.9 Å². The Kier molecular flexibility index (Phi) is 4.44. The maximum absolute atomic E-state index is 13.2. The molecule has 3 nitrogen and oxygen atoms in total. The van der Waals surface area contributed by atoms with Crippen molar-refractivity contribution in [2.45, 2.75) is 12.2 Å². The maximum atomic E-state index is 13.2. The smallest absolute Gasteiger partial charge is 0.143 e. The van der Waals surface area contributed by atoms with Gasteiger partial charge in [-0.3, -0.25) is 4.21 Å². The minimum Gasteiger partial charge on any atom is -0.383 e. The summed E-state index contributed by atoms with van der Waals surface area (Å²) in [5.74, 6) is -0.544. The molecular formula is C11H13FN2OS.